The second kappa shape index (κ2) is 6.92. The number of nitrogens with two attached hydrogens (primary N) is 1. The average Bonchev–Trinajstić information content (AvgIpc) is 2.44. The van der Waals surface area contributed by atoms with Gasteiger partial charge in [0.25, 0.3) is 0 Å². The number of hydrogen-bond acceptors (Lipinski definition) is 3. The summed E-state index contributed by atoms with van der Waals surface area (Å²) in [6.07, 6.45) is 1.02. The lowest BCUT2D eigenvalue weighted by Crippen LogP contribution is -2.18. The van der Waals surface area contributed by atoms with E-state index in [1.165, 1.54) is 11.1 Å². The van der Waals surface area contributed by atoms with E-state index in [9.17, 15) is 0 Å². The van der Waals surface area contributed by atoms with Crippen LogP contribution in [0.25, 0.3) is 0 Å². The summed E-state index contributed by atoms with van der Waals surface area (Å²) in [6, 6.07) is 16.4. The maximum atomic E-state index is 5.23. The summed E-state index contributed by atoms with van der Waals surface area (Å²) < 4.78 is 0. The van der Waals surface area contributed by atoms with Gasteiger partial charge in [-0.15, -0.1) is 0 Å². The third kappa shape index (κ3) is 4.09. The predicted octanol–water partition coefficient (Wildman–Crippen LogP) is 2.58. The summed E-state index contributed by atoms with van der Waals surface area (Å²) in [5.41, 5.74) is 3.74. The van der Waals surface area contributed by atoms with Crippen LogP contribution in [0.3, 0.4) is 0 Å². The van der Waals surface area contributed by atoms with Crippen LogP contribution in [0.15, 0.2) is 48.5 Å². The Hall–Kier alpha value is -1.84. The lowest BCUT2D eigenvalue weighted by Gasteiger charge is -2.09. The van der Waals surface area contributed by atoms with E-state index in [0.717, 1.165) is 30.8 Å². The van der Waals surface area contributed by atoms with Crippen LogP contribution in [0.2, 0.25) is 0 Å². The zero-order valence-corrected chi connectivity index (χ0v) is 11.2. The Labute approximate surface area is 114 Å². The van der Waals surface area contributed by atoms with Crippen LogP contribution in [-0.2, 0) is 13.0 Å². The van der Waals surface area contributed by atoms with Crippen molar-refractivity contribution in [1.82, 2.24) is 5.32 Å². The molecule has 0 radical (unpaired) electrons. The van der Waals surface area contributed by atoms with E-state index >= 15 is 0 Å². The lowest BCUT2D eigenvalue weighted by atomic mass is 10.1. The van der Waals surface area contributed by atoms with E-state index in [4.69, 9.17) is 10.7 Å². The highest BCUT2D eigenvalue weighted by Crippen LogP contribution is 2.15. The van der Waals surface area contributed by atoms with Crippen molar-refractivity contribution in [2.45, 2.75) is 19.9 Å². The third-order valence-electron chi connectivity index (χ3n) is 3.09. The standard InChI is InChI=1S/C16H20N2O/c1-13-5-4-6-14(11-13)9-10-18-12-15-7-2-3-8-16(15)19-17/h2-8,11,18H,9-10,12,17H2,1H3. The van der Waals surface area contributed by atoms with Gasteiger partial charge in [-0.25, -0.2) is 0 Å². The fraction of sp³-hybridized carbons (Fsp3) is 0.250. The molecule has 0 bridgehead atoms. The van der Waals surface area contributed by atoms with Crippen molar-refractivity contribution in [2.24, 2.45) is 5.90 Å². The van der Waals surface area contributed by atoms with Gasteiger partial charge in [-0.05, 0) is 31.5 Å². The highest BCUT2D eigenvalue weighted by molar-refractivity contribution is 5.32. The number of hydrogen-bond donors (Lipinski definition) is 2. The van der Waals surface area contributed by atoms with Crippen molar-refractivity contribution in [1.29, 1.82) is 0 Å². The zero-order valence-electron chi connectivity index (χ0n) is 11.2. The first-order valence-electron chi connectivity index (χ1n) is 6.50. The molecular formula is C16H20N2O. The molecule has 2 aromatic carbocycles. The van der Waals surface area contributed by atoms with Gasteiger partial charge in [0, 0.05) is 12.1 Å². The molecule has 0 saturated heterocycles. The molecule has 0 aliphatic carbocycles. The smallest absolute Gasteiger partial charge is 0.151 e. The van der Waals surface area contributed by atoms with Gasteiger partial charge in [0.1, 0.15) is 0 Å². The highest BCUT2D eigenvalue weighted by Gasteiger charge is 2.01. The first kappa shape index (κ1) is 13.6. The minimum absolute atomic E-state index is 0.727. The van der Waals surface area contributed by atoms with Crippen molar-refractivity contribution in [3.63, 3.8) is 0 Å². The quantitative estimate of drug-likeness (QED) is 0.617. The van der Waals surface area contributed by atoms with E-state index in [1.807, 2.05) is 24.3 Å². The van der Waals surface area contributed by atoms with Gasteiger partial charge in [0.05, 0.1) is 0 Å². The van der Waals surface area contributed by atoms with Crippen LogP contribution in [0.5, 0.6) is 5.75 Å². The maximum absolute atomic E-state index is 5.23. The normalized spacial score (nSPS) is 10.4. The molecule has 0 saturated carbocycles. The summed E-state index contributed by atoms with van der Waals surface area (Å²) in [5, 5.41) is 3.41. The Morgan fingerprint density at radius 2 is 1.95 bits per heavy atom. The molecule has 0 unspecified atom stereocenters. The maximum Gasteiger partial charge on any atom is 0.151 e. The van der Waals surface area contributed by atoms with Gasteiger partial charge in [0.15, 0.2) is 5.75 Å². The number of nitrogens with one attached hydrogen (secondary N) is 1. The van der Waals surface area contributed by atoms with Crippen LogP contribution >= 0.6 is 0 Å². The zero-order chi connectivity index (χ0) is 13.5. The molecule has 0 fully saturated rings. The molecule has 0 heterocycles. The fourth-order valence-corrected chi connectivity index (χ4v) is 2.09. The summed E-state index contributed by atoms with van der Waals surface area (Å²) in [6.45, 7) is 3.81. The number of aryl methyl sites for hydroxylation is 1. The van der Waals surface area contributed by atoms with E-state index in [0.29, 0.717) is 0 Å². The molecule has 2 aromatic rings. The number of para-hydroxylation sites is 1. The van der Waals surface area contributed by atoms with Gasteiger partial charge in [0.2, 0.25) is 0 Å². The average molecular weight is 256 g/mol. The van der Waals surface area contributed by atoms with Crippen molar-refractivity contribution < 1.29 is 4.84 Å². The Morgan fingerprint density at radius 3 is 2.74 bits per heavy atom. The van der Waals surface area contributed by atoms with Gasteiger partial charge in [-0.1, -0.05) is 48.0 Å². The molecule has 0 atom stereocenters. The van der Waals surface area contributed by atoms with E-state index in [1.54, 1.807) is 0 Å². The second-order valence-electron chi connectivity index (χ2n) is 4.64. The van der Waals surface area contributed by atoms with Crippen molar-refractivity contribution in [3.05, 3.63) is 65.2 Å². The first-order valence-corrected chi connectivity index (χ1v) is 6.50. The van der Waals surface area contributed by atoms with Gasteiger partial charge in [-0.2, -0.15) is 5.90 Å². The first-order chi connectivity index (χ1) is 9.29. The summed E-state index contributed by atoms with van der Waals surface area (Å²) >= 11 is 0. The van der Waals surface area contributed by atoms with Crippen LogP contribution in [0.4, 0.5) is 0 Å². The van der Waals surface area contributed by atoms with Crippen molar-refractivity contribution >= 4 is 0 Å². The van der Waals surface area contributed by atoms with Gasteiger partial charge in [-0.3, -0.25) is 0 Å². The molecule has 3 nitrogen and oxygen atoms in total. The lowest BCUT2D eigenvalue weighted by molar-refractivity contribution is 0.329. The minimum atomic E-state index is 0.727. The molecule has 19 heavy (non-hydrogen) atoms. The molecule has 0 aliphatic rings. The Kier molecular flexibility index (Phi) is 4.95. The van der Waals surface area contributed by atoms with Crippen LogP contribution in [0, 0.1) is 6.92 Å². The highest BCUT2D eigenvalue weighted by atomic mass is 16.6. The van der Waals surface area contributed by atoms with Gasteiger partial charge < -0.3 is 10.2 Å². The molecule has 3 heteroatoms. The topological polar surface area (TPSA) is 47.3 Å². The molecule has 2 rings (SSSR count). The monoisotopic (exact) mass is 256 g/mol. The molecule has 3 N–H and O–H groups in total. The number of benzene rings is 2. The van der Waals surface area contributed by atoms with Crippen LogP contribution in [-0.4, -0.2) is 6.54 Å². The Bertz CT molecular complexity index is 526. The van der Waals surface area contributed by atoms with Crippen LogP contribution < -0.4 is 16.1 Å². The van der Waals surface area contributed by atoms with Crippen molar-refractivity contribution in [3.8, 4) is 5.75 Å². The summed E-state index contributed by atoms with van der Waals surface area (Å²) in [4.78, 5) is 4.84. The predicted molar refractivity (Wildman–Crippen MR) is 77.8 cm³/mol. The van der Waals surface area contributed by atoms with Gasteiger partial charge >= 0.3 is 0 Å². The largest absolute Gasteiger partial charge is 0.411 e. The molecule has 0 aliphatic heterocycles. The molecule has 100 valence electrons. The van der Waals surface area contributed by atoms with Crippen molar-refractivity contribution in [2.75, 3.05) is 6.54 Å². The molecule has 0 amide bonds. The molecule has 0 aromatic heterocycles. The Morgan fingerprint density at radius 1 is 1.11 bits per heavy atom. The Balaban J connectivity index is 1.81. The van der Waals surface area contributed by atoms with E-state index in [2.05, 4.69) is 36.5 Å². The second-order valence-corrected chi connectivity index (χ2v) is 4.64. The van der Waals surface area contributed by atoms with E-state index < -0.39 is 0 Å². The molecule has 0 spiro atoms. The number of rotatable bonds is 6. The summed E-state index contributed by atoms with van der Waals surface area (Å²) in [7, 11) is 0. The molecular weight excluding hydrogens is 236 g/mol. The fourth-order valence-electron chi connectivity index (χ4n) is 2.09. The third-order valence-corrected chi connectivity index (χ3v) is 3.09. The van der Waals surface area contributed by atoms with Crippen LogP contribution in [0.1, 0.15) is 16.7 Å². The van der Waals surface area contributed by atoms with E-state index in [-0.39, 0.29) is 0 Å². The summed E-state index contributed by atoms with van der Waals surface area (Å²) in [5.74, 6) is 5.96. The minimum Gasteiger partial charge on any atom is -0.411 e. The SMILES string of the molecule is Cc1cccc(CCNCc2ccccc2ON)c1.